The van der Waals surface area contributed by atoms with Gasteiger partial charge >= 0.3 is 43.4 Å². The van der Waals surface area contributed by atoms with Crippen LogP contribution in [0, 0.1) is 29.7 Å². The Bertz CT molecular complexity index is 1410. The molecule has 4 radical (unpaired) electrons. The van der Waals surface area contributed by atoms with E-state index in [0.717, 1.165) is 19.0 Å². The average Bonchev–Trinajstić information content (AvgIpc) is 3.74. The van der Waals surface area contributed by atoms with Crippen molar-refractivity contribution >= 4 is 40.6 Å². The van der Waals surface area contributed by atoms with Crippen molar-refractivity contribution in [1.82, 2.24) is 9.13 Å². The van der Waals surface area contributed by atoms with Gasteiger partial charge in [0.15, 0.2) is 0 Å². The molecule has 4 nitrogen and oxygen atoms in total. The minimum absolute atomic E-state index is 0. The van der Waals surface area contributed by atoms with Crippen LogP contribution in [0.15, 0.2) is 122 Å². The van der Waals surface area contributed by atoms with Crippen molar-refractivity contribution in [1.29, 1.82) is 0 Å². The molecule has 0 saturated carbocycles. The van der Waals surface area contributed by atoms with Gasteiger partial charge in [0, 0.05) is 19.0 Å². The van der Waals surface area contributed by atoms with Crippen LogP contribution in [0.5, 0.6) is 0 Å². The van der Waals surface area contributed by atoms with Crippen LogP contribution in [0.2, 0.25) is 26.2 Å². The maximum absolute atomic E-state index is 6.94. The van der Waals surface area contributed by atoms with Crippen LogP contribution < -0.4 is 0 Å². The van der Waals surface area contributed by atoms with Crippen LogP contribution in [-0.4, -0.2) is 39.3 Å². The molecule has 50 heavy (non-hydrogen) atoms. The van der Waals surface area contributed by atoms with Crippen LogP contribution in [0.3, 0.4) is 0 Å². The maximum atomic E-state index is 6.94. The zero-order valence-corrected chi connectivity index (χ0v) is 38.6. The van der Waals surface area contributed by atoms with Crippen LogP contribution in [0.25, 0.3) is 44.4 Å². The third kappa shape index (κ3) is 25.9. The topological polar surface area (TPSA) is 57.5 Å². The molecule has 2 N–H and O–H groups in total. The maximum Gasteiger partial charge on any atom is 4.00 e. The van der Waals surface area contributed by atoms with E-state index < -0.39 is 0 Å². The molecule has 0 bridgehead atoms. The molecular formula is C42H64N4Si2Ti2. The number of benzene rings is 2. The Morgan fingerprint density at radius 1 is 0.480 bits per heavy atom. The van der Waals surface area contributed by atoms with E-state index in [0.29, 0.717) is 0 Å². The quantitative estimate of drug-likeness (QED) is 0.124. The largest absolute Gasteiger partial charge is 4.00 e. The van der Waals surface area contributed by atoms with Crippen molar-refractivity contribution in [3.63, 3.8) is 0 Å². The molecule has 0 amide bonds. The first kappa shape index (κ1) is 60.1. The normalized spacial score (nSPS) is 9.20. The molecule has 0 fully saturated rings. The van der Waals surface area contributed by atoms with Crippen LogP contribution in [0.4, 0.5) is 0 Å². The molecule has 0 unspecified atom stereocenters. The first-order valence-corrected chi connectivity index (χ1v) is 19.0. The monoisotopic (exact) mass is 776 g/mol. The molecule has 0 aliphatic heterocycles. The number of rotatable bonds is 2. The molecule has 6 aromatic rings. The van der Waals surface area contributed by atoms with Crippen molar-refractivity contribution in [2.75, 3.05) is 0 Å². The van der Waals surface area contributed by atoms with Gasteiger partial charge in [0.2, 0.25) is 0 Å². The molecule has 268 valence electrons. The molecule has 0 atom stereocenters. The first-order chi connectivity index (χ1) is 20.7. The molecule has 8 heteroatoms. The average molecular weight is 777 g/mol. The second-order valence-corrected chi connectivity index (χ2v) is 14.3. The van der Waals surface area contributed by atoms with Gasteiger partial charge in [-0.05, 0) is 49.1 Å². The Morgan fingerprint density at radius 3 is 0.940 bits per heavy atom. The van der Waals surface area contributed by atoms with Gasteiger partial charge in [-0.3, -0.25) is 0 Å². The third-order valence-electron chi connectivity index (χ3n) is 5.08. The molecular weight excluding hydrogens is 712 g/mol. The van der Waals surface area contributed by atoms with Crippen molar-refractivity contribution < 1.29 is 43.4 Å². The zero-order valence-electron chi connectivity index (χ0n) is 33.4. The summed E-state index contributed by atoms with van der Waals surface area (Å²) in [5.74, 6) is 0. The Kier molecular flexibility index (Phi) is 38.1. The van der Waals surface area contributed by atoms with Gasteiger partial charge in [-0.2, -0.15) is 0 Å². The van der Waals surface area contributed by atoms with Gasteiger partial charge in [-0.1, -0.05) is 91.2 Å². The van der Waals surface area contributed by atoms with Crippen molar-refractivity contribution in [2.45, 2.75) is 78.8 Å². The summed E-state index contributed by atoms with van der Waals surface area (Å²) < 4.78 is 4.28. The minimum atomic E-state index is -0.250. The molecule has 0 spiro atoms. The molecule has 0 aliphatic rings. The Morgan fingerprint density at radius 2 is 0.700 bits per heavy atom. The second kappa shape index (κ2) is 31.7. The molecule has 2 aromatic heterocycles. The van der Waals surface area contributed by atoms with Crippen LogP contribution in [-0.2, 0) is 43.4 Å². The summed E-state index contributed by atoms with van der Waals surface area (Å²) in [5, 5.41) is 5.22. The van der Waals surface area contributed by atoms with Crippen LogP contribution >= 0.6 is 0 Å². The second-order valence-electron chi connectivity index (χ2n) is 12.3. The van der Waals surface area contributed by atoms with Gasteiger partial charge in [-0.25, -0.2) is 0 Å². The van der Waals surface area contributed by atoms with E-state index >= 15 is 0 Å². The van der Waals surface area contributed by atoms with Gasteiger partial charge in [-0.15, -0.1) is 93.3 Å². The summed E-state index contributed by atoms with van der Waals surface area (Å²) in [6.07, 6.45) is 8.28. The van der Waals surface area contributed by atoms with E-state index in [1.54, 1.807) is 0 Å². The first-order valence-electron chi connectivity index (χ1n) is 15.0. The van der Waals surface area contributed by atoms with E-state index in [-0.39, 0.29) is 84.2 Å². The Labute approximate surface area is 344 Å². The predicted octanol–water partition coefficient (Wildman–Crippen LogP) is 13.7. The standard InChI is InChI=1S/2C13H10N.2C4H10N.2C2H6Si.4CH3.2Ti/c2*1-2-6-12-11(5-1)7-8-13(12)14-9-3-4-10-14;2*1-4(2,3)5;2*1-3-2;;;;;;/h2*1-10H;2*5H,1-3H3;2*1-2H3;4*1H3;;/q4*-1;;;4*-1;2*+4. The number of aromatic nitrogens is 2. The number of hydrogen-bond acceptors (Lipinski definition) is 0. The fourth-order valence-electron chi connectivity index (χ4n) is 3.71. The number of fused-ring (bicyclic) bond motifs is 2. The van der Waals surface area contributed by atoms with Crippen molar-refractivity contribution in [2.24, 2.45) is 0 Å². The van der Waals surface area contributed by atoms with E-state index in [9.17, 15) is 0 Å². The van der Waals surface area contributed by atoms with E-state index in [1.165, 1.54) is 32.9 Å². The third-order valence-corrected chi connectivity index (χ3v) is 5.08. The van der Waals surface area contributed by atoms with E-state index in [1.807, 2.05) is 65.8 Å². The minimum Gasteiger partial charge on any atom is -0.673 e. The Balaban J connectivity index is -0.000000127. The van der Waals surface area contributed by atoms with E-state index in [2.05, 4.69) is 133 Å². The fraction of sp³-hybridized carbons (Fsp3) is 0.286. The zero-order chi connectivity index (χ0) is 33.2. The van der Waals surface area contributed by atoms with Gasteiger partial charge in [0.05, 0.1) is 0 Å². The number of nitrogens with one attached hydrogen (secondary N) is 2. The van der Waals surface area contributed by atoms with Crippen molar-refractivity contribution in [3.05, 3.63) is 163 Å². The molecule has 2 heterocycles. The summed E-state index contributed by atoms with van der Waals surface area (Å²) in [6, 6.07) is 33.7. The summed E-state index contributed by atoms with van der Waals surface area (Å²) in [5.41, 5.74) is 15.9. The summed E-state index contributed by atoms with van der Waals surface area (Å²) in [7, 11) is 2.17. The SMILES string of the molecule is CC(C)(C)[NH-].CC(C)(C)[NH-].C[Si]C.C[Si]C.[CH3-].[CH3-].[CH3-].[CH3-].[Ti+4].[Ti+4].c1ccc2c(-n3cccc3)c[cH-]c2c1.c1ccc2c(-n3cccc3)c[cH-]c2c1. The van der Waals surface area contributed by atoms with E-state index in [4.69, 9.17) is 11.5 Å². The van der Waals surface area contributed by atoms with Gasteiger partial charge in [0.1, 0.15) is 0 Å². The van der Waals surface area contributed by atoms with Gasteiger partial charge < -0.3 is 50.3 Å². The smallest absolute Gasteiger partial charge is 0.673 e. The number of nitrogens with zero attached hydrogens (tertiary/aromatic N) is 2. The summed E-state index contributed by atoms with van der Waals surface area (Å²) in [6.45, 7) is 19.7. The number of hydrogen-bond donors (Lipinski definition) is 0. The fourth-order valence-corrected chi connectivity index (χ4v) is 3.71. The summed E-state index contributed by atoms with van der Waals surface area (Å²) >= 11 is 0. The van der Waals surface area contributed by atoms with Crippen LogP contribution in [0.1, 0.15) is 41.5 Å². The summed E-state index contributed by atoms with van der Waals surface area (Å²) in [4.78, 5) is 0. The molecule has 4 aromatic carbocycles. The van der Waals surface area contributed by atoms with Crippen molar-refractivity contribution in [3.8, 4) is 11.4 Å². The Hall–Kier alpha value is -2.00. The molecule has 0 saturated heterocycles. The molecule has 6 rings (SSSR count). The predicted molar refractivity (Wildman–Crippen MR) is 227 cm³/mol. The molecule has 0 aliphatic carbocycles. The van der Waals surface area contributed by atoms with Gasteiger partial charge in [0.25, 0.3) is 0 Å².